The first-order valence-electron chi connectivity index (χ1n) is 7.06. The van der Waals surface area contributed by atoms with Crippen LogP contribution in [-0.4, -0.2) is 28.1 Å². The fourth-order valence-electron chi connectivity index (χ4n) is 2.27. The largest absolute Gasteiger partial charge is 0.508 e. The Morgan fingerprint density at radius 2 is 1.68 bits per heavy atom. The number of rotatable bonds is 2. The molecule has 0 saturated carbocycles. The van der Waals surface area contributed by atoms with E-state index in [1.165, 1.54) is 48.5 Å². The summed E-state index contributed by atoms with van der Waals surface area (Å²) in [4.78, 5) is 37.5. The third-order valence-electron chi connectivity index (χ3n) is 3.49. The van der Waals surface area contributed by atoms with E-state index in [4.69, 9.17) is 11.6 Å². The van der Waals surface area contributed by atoms with Gasteiger partial charge >= 0.3 is 6.03 Å². The number of hydrogen-bond acceptors (Lipinski definition) is 5. The van der Waals surface area contributed by atoms with Gasteiger partial charge in [-0.3, -0.25) is 14.9 Å². The molecule has 0 radical (unpaired) electrons. The van der Waals surface area contributed by atoms with Gasteiger partial charge in [0.05, 0.1) is 10.7 Å². The molecule has 0 bridgehead atoms. The van der Waals surface area contributed by atoms with Crippen LogP contribution in [0.2, 0.25) is 5.02 Å². The first kappa shape index (κ1) is 16.5. The van der Waals surface area contributed by atoms with Crippen molar-refractivity contribution in [1.29, 1.82) is 0 Å². The number of nitrogens with one attached hydrogen (secondary N) is 1. The first-order chi connectivity index (χ1) is 11.9. The van der Waals surface area contributed by atoms with Crippen molar-refractivity contribution in [2.45, 2.75) is 0 Å². The van der Waals surface area contributed by atoms with Crippen molar-refractivity contribution >= 4 is 41.2 Å². The van der Waals surface area contributed by atoms with E-state index in [0.29, 0.717) is 5.56 Å². The number of carbonyl (C=O) groups excluding carboxylic acids is 3. The highest BCUT2D eigenvalue weighted by Crippen LogP contribution is 2.27. The minimum absolute atomic E-state index is 0.0285. The number of carbonyl (C=O) groups is 3. The summed E-state index contributed by atoms with van der Waals surface area (Å²) in [6, 6.07) is 8.66. The lowest BCUT2D eigenvalue weighted by Gasteiger charge is -2.26. The average Bonchev–Trinajstić information content (AvgIpc) is 2.56. The van der Waals surface area contributed by atoms with Crippen molar-refractivity contribution in [3.8, 4) is 11.5 Å². The van der Waals surface area contributed by atoms with E-state index in [2.05, 4.69) is 5.32 Å². The van der Waals surface area contributed by atoms with E-state index in [0.717, 1.165) is 4.90 Å². The fourth-order valence-corrected chi connectivity index (χ4v) is 2.46. The molecule has 0 atom stereocenters. The highest BCUT2D eigenvalue weighted by atomic mass is 35.5. The molecule has 8 heteroatoms. The summed E-state index contributed by atoms with van der Waals surface area (Å²) in [5.41, 5.74) is 0.332. The molecule has 1 aliphatic heterocycles. The zero-order valence-corrected chi connectivity index (χ0v) is 13.3. The number of phenols is 2. The molecule has 25 heavy (non-hydrogen) atoms. The van der Waals surface area contributed by atoms with Gasteiger partial charge in [0.2, 0.25) is 0 Å². The Morgan fingerprint density at radius 1 is 1.00 bits per heavy atom. The topological polar surface area (TPSA) is 107 Å². The second kappa shape index (κ2) is 6.29. The fraction of sp³-hybridized carbons (Fsp3) is 0. The predicted octanol–water partition coefficient (Wildman–Crippen LogP) is 2.42. The summed E-state index contributed by atoms with van der Waals surface area (Å²) in [5.74, 6) is -1.82. The molecule has 3 N–H and O–H groups in total. The molecule has 4 amide bonds. The Morgan fingerprint density at radius 3 is 2.32 bits per heavy atom. The van der Waals surface area contributed by atoms with Crippen LogP contribution in [0.4, 0.5) is 10.5 Å². The molecular weight excluding hydrogens is 348 g/mol. The smallest absolute Gasteiger partial charge is 0.335 e. The van der Waals surface area contributed by atoms with Crippen molar-refractivity contribution in [2.24, 2.45) is 0 Å². The van der Waals surface area contributed by atoms with Crippen LogP contribution in [-0.2, 0) is 9.59 Å². The number of phenolic OH excluding ortho intramolecular Hbond substituents is 2. The molecular formula is C17H11ClN2O5. The van der Waals surface area contributed by atoms with Gasteiger partial charge in [0.15, 0.2) is 0 Å². The average molecular weight is 359 g/mol. The maximum atomic E-state index is 12.6. The molecule has 0 unspecified atom stereocenters. The van der Waals surface area contributed by atoms with Gasteiger partial charge < -0.3 is 10.2 Å². The minimum Gasteiger partial charge on any atom is -0.508 e. The van der Waals surface area contributed by atoms with Gasteiger partial charge in [-0.2, -0.15) is 0 Å². The molecule has 0 aromatic heterocycles. The number of anilines is 1. The quantitative estimate of drug-likeness (QED) is 0.564. The van der Waals surface area contributed by atoms with Crippen LogP contribution in [0.5, 0.6) is 11.5 Å². The van der Waals surface area contributed by atoms with Crippen molar-refractivity contribution < 1.29 is 24.6 Å². The molecule has 1 saturated heterocycles. The number of barbiturate groups is 1. The summed E-state index contributed by atoms with van der Waals surface area (Å²) in [5, 5.41) is 20.9. The number of hydrogen-bond donors (Lipinski definition) is 3. The van der Waals surface area contributed by atoms with E-state index < -0.39 is 17.8 Å². The third kappa shape index (κ3) is 3.17. The second-order valence-corrected chi connectivity index (χ2v) is 5.59. The molecule has 2 aromatic rings. The van der Waals surface area contributed by atoms with Crippen molar-refractivity contribution in [2.75, 3.05) is 4.90 Å². The molecule has 2 aromatic carbocycles. The predicted molar refractivity (Wildman–Crippen MR) is 90.2 cm³/mol. The van der Waals surface area contributed by atoms with Crippen molar-refractivity contribution in [1.82, 2.24) is 5.32 Å². The summed E-state index contributed by atoms with van der Waals surface area (Å²) < 4.78 is 0. The van der Waals surface area contributed by atoms with Crippen molar-refractivity contribution in [3.05, 3.63) is 58.6 Å². The number of amides is 4. The number of benzene rings is 2. The highest BCUT2D eigenvalue weighted by molar-refractivity contribution is 6.39. The monoisotopic (exact) mass is 358 g/mol. The van der Waals surface area contributed by atoms with E-state index in [9.17, 15) is 24.6 Å². The summed E-state index contributed by atoms with van der Waals surface area (Å²) in [7, 11) is 0. The molecule has 126 valence electrons. The van der Waals surface area contributed by atoms with Gasteiger partial charge in [-0.25, -0.2) is 9.69 Å². The molecule has 7 nitrogen and oxygen atoms in total. The van der Waals surface area contributed by atoms with Crippen LogP contribution in [0.25, 0.3) is 6.08 Å². The summed E-state index contributed by atoms with van der Waals surface area (Å²) >= 11 is 5.81. The number of nitrogens with zero attached hydrogens (tertiary/aromatic N) is 1. The molecule has 1 heterocycles. The Bertz CT molecular complexity index is 921. The standard InChI is InChI=1S/C17H11ClN2O5/c18-13-8-9(1-6-14(13)22)7-12-15(23)19-17(25)20(16(12)24)10-2-4-11(21)5-3-10/h1-8,21-22H,(H,19,23,25). The Kier molecular flexibility index (Phi) is 4.16. The van der Waals surface area contributed by atoms with Crippen LogP contribution < -0.4 is 10.2 Å². The maximum Gasteiger partial charge on any atom is 0.335 e. The van der Waals surface area contributed by atoms with Crippen LogP contribution in [0.3, 0.4) is 0 Å². The lowest BCUT2D eigenvalue weighted by atomic mass is 10.1. The second-order valence-electron chi connectivity index (χ2n) is 5.19. The zero-order valence-electron chi connectivity index (χ0n) is 12.6. The lowest BCUT2D eigenvalue weighted by molar-refractivity contribution is -0.122. The van der Waals surface area contributed by atoms with Crippen LogP contribution in [0.15, 0.2) is 48.0 Å². The van der Waals surface area contributed by atoms with Gasteiger partial charge in [0.1, 0.15) is 17.1 Å². The molecule has 1 aliphatic rings. The van der Waals surface area contributed by atoms with Crippen LogP contribution >= 0.6 is 11.6 Å². The Balaban J connectivity index is 2.01. The van der Waals surface area contributed by atoms with Gasteiger partial charge in [-0.1, -0.05) is 17.7 Å². The summed E-state index contributed by atoms with van der Waals surface area (Å²) in [6.07, 6.45) is 1.27. The van der Waals surface area contributed by atoms with E-state index in [1.54, 1.807) is 0 Å². The molecule has 0 spiro atoms. The maximum absolute atomic E-state index is 12.6. The van der Waals surface area contributed by atoms with Gasteiger partial charge in [0.25, 0.3) is 11.8 Å². The van der Waals surface area contributed by atoms with E-state index in [-0.39, 0.29) is 27.8 Å². The number of imide groups is 2. The SMILES string of the molecule is O=C1NC(=O)N(c2ccc(O)cc2)C(=O)C1=Cc1ccc(O)c(Cl)c1. The molecule has 1 fully saturated rings. The van der Waals surface area contributed by atoms with E-state index >= 15 is 0 Å². The normalized spacial score (nSPS) is 16.3. The zero-order chi connectivity index (χ0) is 18.1. The van der Waals surface area contributed by atoms with Crippen molar-refractivity contribution in [3.63, 3.8) is 0 Å². The Hall–Kier alpha value is -3.32. The van der Waals surface area contributed by atoms with Crippen LogP contribution in [0.1, 0.15) is 5.56 Å². The van der Waals surface area contributed by atoms with E-state index in [1.807, 2.05) is 0 Å². The van der Waals surface area contributed by atoms with Crippen LogP contribution in [0, 0.1) is 0 Å². The number of aromatic hydroxyl groups is 2. The van der Waals surface area contributed by atoms with Gasteiger partial charge in [-0.15, -0.1) is 0 Å². The number of halogens is 1. The Labute approximate surface area is 146 Å². The van der Waals surface area contributed by atoms with Gasteiger partial charge in [-0.05, 0) is 48.0 Å². The molecule has 3 rings (SSSR count). The third-order valence-corrected chi connectivity index (χ3v) is 3.80. The minimum atomic E-state index is -0.887. The summed E-state index contributed by atoms with van der Waals surface area (Å²) in [6.45, 7) is 0. The lowest BCUT2D eigenvalue weighted by Crippen LogP contribution is -2.54. The number of urea groups is 1. The van der Waals surface area contributed by atoms with Gasteiger partial charge in [0, 0.05) is 0 Å². The highest BCUT2D eigenvalue weighted by Gasteiger charge is 2.36. The molecule has 0 aliphatic carbocycles. The first-order valence-corrected chi connectivity index (χ1v) is 7.43.